The van der Waals surface area contributed by atoms with Gasteiger partial charge in [-0.15, -0.1) is 0 Å². The number of nitrogens with one attached hydrogen (secondary N) is 2. The lowest BCUT2D eigenvalue weighted by Gasteiger charge is -2.25. The molecule has 0 bridgehead atoms. The summed E-state index contributed by atoms with van der Waals surface area (Å²) in [5.74, 6) is 0.724. The summed E-state index contributed by atoms with van der Waals surface area (Å²) in [6.07, 6.45) is 0.822. The number of nitrogens with zero attached hydrogens (tertiary/aromatic N) is 2. The zero-order valence-electron chi connectivity index (χ0n) is 20.0. The number of carbonyl (C=O) groups is 1. The van der Waals surface area contributed by atoms with Gasteiger partial charge in [0, 0.05) is 17.8 Å². The van der Waals surface area contributed by atoms with Crippen LogP contribution >= 0.6 is 0 Å². The summed E-state index contributed by atoms with van der Waals surface area (Å²) in [6.45, 7) is 9.86. The molecule has 3 rings (SSSR count). The van der Waals surface area contributed by atoms with Gasteiger partial charge >= 0.3 is 6.03 Å². The van der Waals surface area contributed by atoms with Crippen LogP contribution in [0.4, 0.5) is 10.5 Å². The molecule has 0 saturated carbocycles. The maximum atomic E-state index is 13.2. The summed E-state index contributed by atoms with van der Waals surface area (Å²) < 4.78 is 5.19. The summed E-state index contributed by atoms with van der Waals surface area (Å²) in [5.41, 5.74) is 2.94. The number of fused-ring (bicyclic) bond motifs is 1. The van der Waals surface area contributed by atoms with E-state index in [9.17, 15) is 9.59 Å². The number of hydrogen-bond donors (Lipinski definition) is 2. The molecule has 176 valence electrons. The van der Waals surface area contributed by atoms with Crippen LogP contribution < -0.4 is 15.6 Å². The molecule has 7 nitrogen and oxygen atoms in total. The van der Waals surface area contributed by atoms with E-state index in [-0.39, 0.29) is 18.1 Å². The second-order valence-corrected chi connectivity index (χ2v) is 8.12. The molecule has 0 atom stereocenters. The third-order valence-electron chi connectivity index (χ3n) is 5.95. The molecular formula is C26H34N4O3. The third kappa shape index (κ3) is 6.35. The van der Waals surface area contributed by atoms with Crippen molar-refractivity contribution >= 4 is 22.6 Å². The quantitative estimate of drug-likeness (QED) is 0.473. The van der Waals surface area contributed by atoms with E-state index < -0.39 is 0 Å². The number of pyridine rings is 1. The topological polar surface area (TPSA) is 77.7 Å². The minimum absolute atomic E-state index is 0.164. The fraction of sp³-hybridized carbons (Fsp3) is 0.385. The summed E-state index contributed by atoms with van der Waals surface area (Å²) >= 11 is 0. The standard InChI is InChI=1S/C26H34N4O3/c1-5-29(6-2)15-8-16-30(26(32)27-22-11-13-23(33-4)14-12-22)18-21-17-20-10-7-9-19(3)24(20)28-25(21)31/h7,9-14,17H,5-6,8,15-16,18H2,1-4H3,(H,27,32)(H,28,31). The van der Waals surface area contributed by atoms with Crippen molar-refractivity contribution in [2.75, 3.05) is 38.6 Å². The Bertz CT molecular complexity index is 1120. The zero-order valence-corrected chi connectivity index (χ0v) is 20.0. The van der Waals surface area contributed by atoms with Gasteiger partial charge in [0.2, 0.25) is 0 Å². The highest BCUT2D eigenvalue weighted by molar-refractivity contribution is 5.89. The lowest BCUT2D eigenvalue weighted by molar-refractivity contribution is 0.202. The van der Waals surface area contributed by atoms with E-state index in [1.807, 2.05) is 31.2 Å². The van der Waals surface area contributed by atoms with E-state index in [0.29, 0.717) is 17.8 Å². The number of urea groups is 1. The molecule has 33 heavy (non-hydrogen) atoms. The first kappa shape index (κ1) is 24.3. The molecule has 0 spiro atoms. The Morgan fingerprint density at radius 1 is 1.06 bits per heavy atom. The SMILES string of the molecule is CCN(CC)CCCN(Cc1cc2cccc(C)c2[nH]c1=O)C(=O)Nc1ccc(OC)cc1. The molecule has 0 aliphatic carbocycles. The monoisotopic (exact) mass is 450 g/mol. The van der Waals surface area contributed by atoms with Crippen molar-refractivity contribution in [3.05, 3.63) is 70.0 Å². The van der Waals surface area contributed by atoms with Gasteiger partial charge in [-0.05, 0) is 74.3 Å². The Labute approximate surface area is 195 Å². The van der Waals surface area contributed by atoms with Crippen molar-refractivity contribution < 1.29 is 9.53 Å². The van der Waals surface area contributed by atoms with Crippen molar-refractivity contribution in [3.63, 3.8) is 0 Å². The second kappa shape index (κ2) is 11.5. The average Bonchev–Trinajstić information content (AvgIpc) is 2.82. The first-order valence-electron chi connectivity index (χ1n) is 11.5. The van der Waals surface area contributed by atoms with Gasteiger partial charge in [-0.1, -0.05) is 32.0 Å². The van der Waals surface area contributed by atoms with Gasteiger partial charge in [-0.3, -0.25) is 4.79 Å². The van der Waals surface area contributed by atoms with E-state index in [0.717, 1.165) is 48.3 Å². The molecule has 2 N–H and O–H groups in total. The van der Waals surface area contributed by atoms with E-state index in [2.05, 4.69) is 29.0 Å². The predicted molar refractivity (Wildman–Crippen MR) is 134 cm³/mol. The first-order chi connectivity index (χ1) is 15.9. The van der Waals surface area contributed by atoms with E-state index in [1.54, 1.807) is 36.3 Å². The number of benzene rings is 2. The molecule has 0 unspecified atom stereocenters. The number of ether oxygens (including phenoxy) is 1. The van der Waals surface area contributed by atoms with Crippen LogP contribution in [0, 0.1) is 6.92 Å². The van der Waals surface area contributed by atoms with Gasteiger partial charge < -0.3 is 24.8 Å². The van der Waals surface area contributed by atoms with Gasteiger partial charge in [0.05, 0.1) is 19.2 Å². The Morgan fingerprint density at radius 3 is 2.45 bits per heavy atom. The largest absolute Gasteiger partial charge is 0.497 e. The maximum absolute atomic E-state index is 13.2. The Balaban J connectivity index is 1.81. The number of anilines is 1. The highest BCUT2D eigenvalue weighted by Crippen LogP contribution is 2.18. The van der Waals surface area contributed by atoms with Crippen molar-refractivity contribution in [2.45, 2.75) is 33.7 Å². The van der Waals surface area contributed by atoms with Crippen LogP contribution in [-0.2, 0) is 6.54 Å². The normalized spacial score (nSPS) is 11.1. The minimum Gasteiger partial charge on any atom is -0.497 e. The smallest absolute Gasteiger partial charge is 0.322 e. The van der Waals surface area contributed by atoms with Crippen LogP contribution in [0.3, 0.4) is 0 Å². The van der Waals surface area contributed by atoms with Crippen molar-refractivity contribution in [2.24, 2.45) is 0 Å². The molecule has 3 aromatic rings. The van der Waals surface area contributed by atoms with Crippen LogP contribution in [0.5, 0.6) is 5.75 Å². The molecule has 0 saturated heterocycles. The number of aromatic nitrogens is 1. The van der Waals surface area contributed by atoms with Crippen LogP contribution in [0.1, 0.15) is 31.4 Å². The van der Waals surface area contributed by atoms with Crippen LogP contribution in [0.25, 0.3) is 10.9 Å². The maximum Gasteiger partial charge on any atom is 0.322 e. The number of hydrogen-bond acceptors (Lipinski definition) is 4. The van der Waals surface area contributed by atoms with Gasteiger partial charge in [-0.2, -0.15) is 0 Å². The van der Waals surface area contributed by atoms with Crippen molar-refractivity contribution in [3.8, 4) is 5.75 Å². The molecule has 2 amide bonds. The number of para-hydroxylation sites is 1. The molecule has 2 aromatic carbocycles. The summed E-state index contributed by atoms with van der Waals surface area (Å²) in [6, 6.07) is 14.8. The highest BCUT2D eigenvalue weighted by Gasteiger charge is 2.17. The predicted octanol–water partition coefficient (Wildman–Crippen LogP) is 4.61. The fourth-order valence-electron chi connectivity index (χ4n) is 3.91. The number of methoxy groups -OCH3 is 1. The average molecular weight is 451 g/mol. The number of amides is 2. The number of aromatic amines is 1. The molecule has 1 heterocycles. The molecule has 1 aromatic heterocycles. The van der Waals surface area contributed by atoms with Gasteiger partial charge in [0.25, 0.3) is 5.56 Å². The minimum atomic E-state index is -0.233. The molecule has 0 radical (unpaired) electrons. The zero-order chi connectivity index (χ0) is 23.8. The first-order valence-corrected chi connectivity index (χ1v) is 11.5. The fourth-order valence-corrected chi connectivity index (χ4v) is 3.91. The van der Waals surface area contributed by atoms with Crippen molar-refractivity contribution in [1.29, 1.82) is 0 Å². The van der Waals surface area contributed by atoms with E-state index in [4.69, 9.17) is 4.74 Å². The second-order valence-electron chi connectivity index (χ2n) is 8.12. The summed E-state index contributed by atoms with van der Waals surface area (Å²) in [5, 5.41) is 3.91. The Kier molecular flexibility index (Phi) is 8.49. The van der Waals surface area contributed by atoms with Crippen molar-refractivity contribution in [1.82, 2.24) is 14.8 Å². The summed E-state index contributed by atoms with van der Waals surface area (Å²) in [4.78, 5) is 33.0. The molecule has 0 fully saturated rings. The van der Waals surface area contributed by atoms with Crippen LogP contribution in [-0.4, -0.2) is 54.1 Å². The summed E-state index contributed by atoms with van der Waals surface area (Å²) in [7, 11) is 1.60. The molecular weight excluding hydrogens is 416 g/mol. The van der Waals surface area contributed by atoms with Gasteiger partial charge in [0.1, 0.15) is 5.75 Å². The Morgan fingerprint density at radius 2 is 1.79 bits per heavy atom. The van der Waals surface area contributed by atoms with Crippen LogP contribution in [0.2, 0.25) is 0 Å². The van der Waals surface area contributed by atoms with Gasteiger partial charge in [0.15, 0.2) is 0 Å². The van der Waals surface area contributed by atoms with E-state index >= 15 is 0 Å². The van der Waals surface area contributed by atoms with Gasteiger partial charge in [-0.25, -0.2) is 4.79 Å². The third-order valence-corrected chi connectivity index (χ3v) is 5.95. The molecule has 0 aliphatic heterocycles. The number of rotatable bonds is 10. The van der Waals surface area contributed by atoms with E-state index in [1.165, 1.54) is 0 Å². The number of carbonyl (C=O) groups excluding carboxylic acids is 1. The van der Waals surface area contributed by atoms with Crippen LogP contribution in [0.15, 0.2) is 53.3 Å². The molecule has 0 aliphatic rings. The lowest BCUT2D eigenvalue weighted by Crippen LogP contribution is -2.38. The number of aryl methyl sites for hydroxylation is 1. The molecule has 7 heteroatoms. The lowest BCUT2D eigenvalue weighted by atomic mass is 10.1. The number of H-pyrrole nitrogens is 1. The highest BCUT2D eigenvalue weighted by atomic mass is 16.5. The Hall–Kier alpha value is -3.32.